The molecule has 2 heterocycles. The summed E-state index contributed by atoms with van der Waals surface area (Å²) in [6.07, 6.45) is 9.84. The third-order valence-corrected chi connectivity index (χ3v) is 4.79. The highest BCUT2D eigenvalue weighted by molar-refractivity contribution is 5.96. The summed E-state index contributed by atoms with van der Waals surface area (Å²) in [6, 6.07) is 1.81. The van der Waals surface area contributed by atoms with Crippen LogP contribution in [0, 0.1) is 5.92 Å². The van der Waals surface area contributed by atoms with Gasteiger partial charge in [-0.05, 0) is 31.2 Å². The predicted molar refractivity (Wildman–Crippen MR) is 88.0 cm³/mol. The Hall–Kier alpha value is -1.95. The summed E-state index contributed by atoms with van der Waals surface area (Å²) < 4.78 is 1.83. The summed E-state index contributed by atoms with van der Waals surface area (Å²) in [5.74, 6) is 0.334. The third-order valence-electron chi connectivity index (χ3n) is 4.79. The SMILES string of the molecule is Cn1cnc2cc(C(=O)NC(CCO)C3CCCCC3)cnc21. The maximum absolute atomic E-state index is 12.6. The summed E-state index contributed by atoms with van der Waals surface area (Å²) in [4.78, 5) is 21.1. The lowest BCUT2D eigenvalue weighted by Gasteiger charge is -2.30. The highest BCUT2D eigenvalue weighted by atomic mass is 16.3. The lowest BCUT2D eigenvalue weighted by atomic mass is 9.82. The van der Waals surface area contributed by atoms with E-state index in [1.807, 2.05) is 11.6 Å². The fraction of sp³-hybridized carbons (Fsp3) is 0.588. The monoisotopic (exact) mass is 316 g/mol. The minimum absolute atomic E-state index is 0.0345. The van der Waals surface area contributed by atoms with E-state index in [-0.39, 0.29) is 18.6 Å². The molecule has 2 aromatic heterocycles. The van der Waals surface area contributed by atoms with E-state index < -0.39 is 0 Å². The maximum atomic E-state index is 12.6. The first-order valence-electron chi connectivity index (χ1n) is 8.38. The Balaban J connectivity index is 1.73. The molecular weight excluding hydrogens is 292 g/mol. The van der Waals surface area contributed by atoms with Crippen LogP contribution >= 0.6 is 0 Å². The maximum Gasteiger partial charge on any atom is 0.253 e. The Labute approximate surface area is 135 Å². The zero-order chi connectivity index (χ0) is 16.2. The van der Waals surface area contributed by atoms with Gasteiger partial charge in [-0.1, -0.05) is 19.3 Å². The van der Waals surface area contributed by atoms with E-state index in [1.54, 1.807) is 18.6 Å². The van der Waals surface area contributed by atoms with Crippen molar-refractivity contribution < 1.29 is 9.90 Å². The van der Waals surface area contributed by atoms with E-state index in [4.69, 9.17) is 0 Å². The minimum atomic E-state index is -0.130. The first-order valence-corrected chi connectivity index (χ1v) is 8.38. The second-order valence-corrected chi connectivity index (χ2v) is 6.41. The van der Waals surface area contributed by atoms with Gasteiger partial charge in [-0.25, -0.2) is 9.97 Å². The molecule has 23 heavy (non-hydrogen) atoms. The van der Waals surface area contributed by atoms with E-state index in [1.165, 1.54) is 19.3 Å². The number of aliphatic hydroxyl groups excluding tert-OH is 1. The number of aromatic nitrogens is 3. The molecule has 1 fully saturated rings. The minimum Gasteiger partial charge on any atom is -0.396 e. The lowest BCUT2D eigenvalue weighted by Crippen LogP contribution is -2.41. The number of amides is 1. The topological polar surface area (TPSA) is 80.0 Å². The van der Waals surface area contributed by atoms with Crippen LogP contribution in [-0.4, -0.2) is 38.2 Å². The highest BCUT2D eigenvalue weighted by Crippen LogP contribution is 2.28. The Morgan fingerprint density at radius 3 is 2.91 bits per heavy atom. The summed E-state index contributed by atoms with van der Waals surface area (Å²) in [5.41, 5.74) is 2.01. The van der Waals surface area contributed by atoms with Gasteiger partial charge >= 0.3 is 0 Å². The molecule has 6 nitrogen and oxygen atoms in total. The van der Waals surface area contributed by atoms with Gasteiger partial charge in [0.25, 0.3) is 5.91 Å². The number of carbonyl (C=O) groups excluding carboxylic acids is 1. The number of carbonyl (C=O) groups is 1. The molecule has 1 saturated carbocycles. The van der Waals surface area contributed by atoms with E-state index >= 15 is 0 Å². The fourth-order valence-electron chi connectivity index (χ4n) is 3.49. The molecule has 1 atom stereocenters. The van der Waals surface area contributed by atoms with Gasteiger partial charge in [0.15, 0.2) is 5.65 Å². The summed E-state index contributed by atoms with van der Waals surface area (Å²) in [5, 5.41) is 12.4. The van der Waals surface area contributed by atoms with E-state index in [9.17, 15) is 9.90 Å². The van der Waals surface area contributed by atoms with Gasteiger partial charge in [0.1, 0.15) is 5.52 Å². The number of aryl methyl sites for hydroxylation is 1. The number of nitrogens with zero attached hydrogens (tertiary/aromatic N) is 3. The average molecular weight is 316 g/mol. The molecular formula is C17H24N4O2. The number of fused-ring (bicyclic) bond motifs is 1. The van der Waals surface area contributed by atoms with Crippen molar-refractivity contribution in [2.45, 2.75) is 44.6 Å². The third kappa shape index (κ3) is 3.52. The molecule has 0 bridgehead atoms. The largest absolute Gasteiger partial charge is 0.396 e. The van der Waals surface area contributed by atoms with Crippen molar-refractivity contribution >= 4 is 17.1 Å². The van der Waals surface area contributed by atoms with Gasteiger partial charge in [0, 0.05) is 25.9 Å². The number of hydrogen-bond donors (Lipinski definition) is 2. The Morgan fingerprint density at radius 2 is 2.17 bits per heavy atom. The van der Waals surface area contributed by atoms with Crippen LogP contribution in [0.25, 0.3) is 11.2 Å². The molecule has 0 spiro atoms. The number of aliphatic hydroxyl groups is 1. The second-order valence-electron chi connectivity index (χ2n) is 6.41. The van der Waals surface area contributed by atoms with Crippen LogP contribution in [0.15, 0.2) is 18.6 Å². The molecule has 0 saturated heterocycles. The fourth-order valence-corrected chi connectivity index (χ4v) is 3.49. The second kappa shape index (κ2) is 7.08. The first kappa shape index (κ1) is 15.9. The zero-order valence-electron chi connectivity index (χ0n) is 13.5. The van der Waals surface area contributed by atoms with Crippen molar-refractivity contribution in [2.24, 2.45) is 13.0 Å². The Morgan fingerprint density at radius 1 is 1.39 bits per heavy atom. The molecule has 1 amide bonds. The Bertz CT molecular complexity index is 676. The Kier molecular flexibility index (Phi) is 4.91. The average Bonchev–Trinajstić information content (AvgIpc) is 2.96. The molecule has 1 aliphatic carbocycles. The van der Waals surface area contributed by atoms with Gasteiger partial charge in [-0.3, -0.25) is 4.79 Å². The normalized spacial score (nSPS) is 17.3. The summed E-state index contributed by atoms with van der Waals surface area (Å²) in [6.45, 7) is 0.0962. The van der Waals surface area contributed by atoms with Gasteiger partial charge in [0.2, 0.25) is 0 Å². The molecule has 0 radical (unpaired) electrons. The van der Waals surface area contributed by atoms with Crippen LogP contribution < -0.4 is 5.32 Å². The van der Waals surface area contributed by atoms with Crippen molar-refractivity contribution in [3.8, 4) is 0 Å². The number of imidazole rings is 1. The van der Waals surface area contributed by atoms with E-state index in [2.05, 4.69) is 15.3 Å². The van der Waals surface area contributed by atoms with Crippen LogP contribution in [0.2, 0.25) is 0 Å². The number of pyridine rings is 1. The summed E-state index contributed by atoms with van der Waals surface area (Å²) in [7, 11) is 1.88. The lowest BCUT2D eigenvalue weighted by molar-refractivity contribution is 0.0899. The standard InChI is InChI=1S/C17H24N4O2/c1-21-11-19-15-9-13(10-18-16(15)21)17(23)20-14(7-8-22)12-5-3-2-4-6-12/h9-12,14,22H,2-8H2,1H3,(H,20,23). The van der Waals surface area contributed by atoms with Crippen LogP contribution in [0.3, 0.4) is 0 Å². The molecule has 3 rings (SSSR count). The molecule has 124 valence electrons. The van der Waals surface area contributed by atoms with Gasteiger partial charge in [-0.2, -0.15) is 0 Å². The van der Waals surface area contributed by atoms with Crippen molar-refractivity contribution in [1.82, 2.24) is 19.9 Å². The summed E-state index contributed by atoms with van der Waals surface area (Å²) >= 11 is 0. The van der Waals surface area contributed by atoms with Crippen LogP contribution in [0.4, 0.5) is 0 Å². The first-order chi connectivity index (χ1) is 11.2. The quantitative estimate of drug-likeness (QED) is 0.884. The smallest absolute Gasteiger partial charge is 0.253 e. The van der Waals surface area contributed by atoms with Crippen LogP contribution in [0.1, 0.15) is 48.9 Å². The molecule has 1 unspecified atom stereocenters. The van der Waals surface area contributed by atoms with Crippen molar-refractivity contribution in [3.63, 3.8) is 0 Å². The molecule has 1 aliphatic rings. The predicted octanol–water partition coefficient (Wildman–Crippen LogP) is 2.03. The zero-order valence-corrected chi connectivity index (χ0v) is 13.5. The van der Waals surface area contributed by atoms with E-state index in [0.29, 0.717) is 17.9 Å². The highest BCUT2D eigenvalue weighted by Gasteiger charge is 2.25. The number of rotatable bonds is 5. The van der Waals surface area contributed by atoms with Gasteiger partial charge in [-0.15, -0.1) is 0 Å². The van der Waals surface area contributed by atoms with Crippen molar-refractivity contribution in [1.29, 1.82) is 0 Å². The molecule has 2 N–H and O–H groups in total. The van der Waals surface area contributed by atoms with Gasteiger partial charge in [0.05, 0.1) is 11.9 Å². The van der Waals surface area contributed by atoms with Crippen LogP contribution in [0.5, 0.6) is 0 Å². The molecule has 0 aliphatic heterocycles. The van der Waals surface area contributed by atoms with Crippen molar-refractivity contribution in [3.05, 3.63) is 24.2 Å². The molecule has 6 heteroatoms. The van der Waals surface area contributed by atoms with E-state index in [0.717, 1.165) is 24.0 Å². The van der Waals surface area contributed by atoms with Gasteiger partial charge < -0.3 is 15.0 Å². The number of hydrogen-bond acceptors (Lipinski definition) is 4. The molecule has 0 aromatic carbocycles. The van der Waals surface area contributed by atoms with Crippen molar-refractivity contribution in [2.75, 3.05) is 6.61 Å². The number of nitrogens with one attached hydrogen (secondary N) is 1. The van der Waals surface area contributed by atoms with Crippen LogP contribution in [-0.2, 0) is 7.05 Å². The molecule has 2 aromatic rings.